The fraction of sp³-hybridized carbons (Fsp3) is 0.846. The zero-order valence-electron chi connectivity index (χ0n) is 11.5. The number of carbonyl (C=O) groups excluding carboxylic acids is 1. The molecule has 1 aliphatic rings. The van der Waals surface area contributed by atoms with Gasteiger partial charge in [0, 0.05) is 26.3 Å². The van der Waals surface area contributed by atoms with Gasteiger partial charge in [-0.15, -0.1) is 0 Å². The predicted octanol–water partition coefficient (Wildman–Crippen LogP) is 1.21. The quantitative estimate of drug-likeness (QED) is 0.650. The van der Waals surface area contributed by atoms with E-state index in [1.54, 1.807) is 0 Å². The first-order valence-electron chi connectivity index (χ1n) is 6.95. The van der Waals surface area contributed by atoms with Gasteiger partial charge in [-0.3, -0.25) is 4.79 Å². The van der Waals surface area contributed by atoms with Crippen molar-refractivity contribution in [1.29, 1.82) is 0 Å². The monoisotopic (exact) mass is 272 g/mol. The van der Waals surface area contributed by atoms with Crippen LogP contribution in [-0.2, 0) is 9.53 Å². The van der Waals surface area contributed by atoms with E-state index in [2.05, 4.69) is 10.6 Å². The molecule has 0 bridgehead atoms. The van der Waals surface area contributed by atoms with E-state index in [1.165, 1.54) is 0 Å². The first-order chi connectivity index (χ1) is 9.13. The number of urea groups is 1. The molecule has 1 heterocycles. The molecule has 6 heteroatoms. The van der Waals surface area contributed by atoms with E-state index >= 15 is 0 Å². The first-order valence-corrected chi connectivity index (χ1v) is 6.95. The predicted molar refractivity (Wildman–Crippen MR) is 71.0 cm³/mol. The Morgan fingerprint density at radius 1 is 1.32 bits per heavy atom. The van der Waals surface area contributed by atoms with Gasteiger partial charge >= 0.3 is 12.0 Å². The summed E-state index contributed by atoms with van der Waals surface area (Å²) in [7, 11) is 0. The number of hydrogen-bond acceptors (Lipinski definition) is 3. The molecule has 3 N–H and O–H groups in total. The van der Waals surface area contributed by atoms with E-state index in [0.29, 0.717) is 18.9 Å². The van der Waals surface area contributed by atoms with Crippen LogP contribution in [0, 0.1) is 11.8 Å². The highest BCUT2D eigenvalue weighted by molar-refractivity contribution is 5.75. The SMILES string of the molecule is CCCC(CNC(=O)NCC1CCOCC1)C(=O)O. The molecule has 2 amide bonds. The number of nitrogens with one attached hydrogen (secondary N) is 2. The van der Waals surface area contributed by atoms with Gasteiger partial charge in [0.05, 0.1) is 5.92 Å². The molecule has 0 spiro atoms. The molecular weight excluding hydrogens is 248 g/mol. The van der Waals surface area contributed by atoms with E-state index in [-0.39, 0.29) is 12.6 Å². The third kappa shape index (κ3) is 6.42. The zero-order chi connectivity index (χ0) is 14.1. The number of amides is 2. The van der Waals surface area contributed by atoms with Crippen LogP contribution in [-0.4, -0.2) is 43.4 Å². The van der Waals surface area contributed by atoms with Crippen LogP contribution in [0.25, 0.3) is 0 Å². The summed E-state index contributed by atoms with van der Waals surface area (Å²) in [6.45, 7) is 4.25. The molecule has 1 saturated heterocycles. The summed E-state index contributed by atoms with van der Waals surface area (Å²) in [4.78, 5) is 22.5. The normalized spacial score (nSPS) is 17.7. The lowest BCUT2D eigenvalue weighted by Gasteiger charge is -2.22. The van der Waals surface area contributed by atoms with Crippen LogP contribution >= 0.6 is 0 Å². The summed E-state index contributed by atoms with van der Waals surface area (Å²) in [6.07, 6.45) is 3.31. The number of ether oxygens (including phenoxy) is 1. The Kier molecular flexibility index (Phi) is 7.25. The lowest BCUT2D eigenvalue weighted by Crippen LogP contribution is -2.42. The molecule has 110 valence electrons. The highest BCUT2D eigenvalue weighted by Gasteiger charge is 2.18. The summed E-state index contributed by atoms with van der Waals surface area (Å²) in [5, 5.41) is 14.4. The maximum Gasteiger partial charge on any atom is 0.314 e. The van der Waals surface area contributed by atoms with Crippen molar-refractivity contribution in [2.24, 2.45) is 11.8 Å². The highest BCUT2D eigenvalue weighted by atomic mass is 16.5. The standard InChI is InChI=1S/C13H24N2O4/c1-2-3-11(12(16)17)9-15-13(18)14-8-10-4-6-19-7-5-10/h10-11H,2-9H2,1H3,(H,16,17)(H2,14,15,18). The number of carboxylic acids is 1. The Balaban J connectivity index is 2.17. The second-order valence-corrected chi connectivity index (χ2v) is 4.97. The van der Waals surface area contributed by atoms with Crippen LogP contribution in [0.15, 0.2) is 0 Å². The van der Waals surface area contributed by atoms with Gasteiger partial charge in [0.2, 0.25) is 0 Å². The minimum atomic E-state index is -0.855. The lowest BCUT2D eigenvalue weighted by molar-refractivity contribution is -0.141. The van der Waals surface area contributed by atoms with Crippen LogP contribution < -0.4 is 10.6 Å². The van der Waals surface area contributed by atoms with Crippen molar-refractivity contribution in [2.75, 3.05) is 26.3 Å². The topological polar surface area (TPSA) is 87.7 Å². The maximum atomic E-state index is 11.6. The van der Waals surface area contributed by atoms with Crippen molar-refractivity contribution < 1.29 is 19.4 Å². The molecule has 0 saturated carbocycles. The Bertz CT molecular complexity index is 290. The number of rotatable bonds is 7. The van der Waals surface area contributed by atoms with E-state index < -0.39 is 11.9 Å². The number of carboxylic acid groups (broad SMARTS) is 1. The second kappa shape index (κ2) is 8.74. The molecule has 1 aliphatic heterocycles. The smallest absolute Gasteiger partial charge is 0.314 e. The molecule has 1 fully saturated rings. The fourth-order valence-corrected chi connectivity index (χ4v) is 2.13. The van der Waals surface area contributed by atoms with Gasteiger partial charge in [-0.2, -0.15) is 0 Å². The lowest BCUT2D eigenvalue weighted by atomic mass is 10.0. The van der Waals surface area contributed by atoms with E-state index in [4.69, 9.17) is 9.84 Å². The van der Waals surface area contributed by atoms with Gasteiger partial charge in [0.15, 0.2) is 0 Å². The zero-order valence-corrected chi connectivity index (χ0v) is 11.5. The minimum absolute atomic E-state index is 0.183. The summed E-state index contributed by atoms with van der Waals surface area (Å²) in [5.74, 6) is -0.893. The average Bonchev–Trinajstić information content (AvgIpc) is 2.42. The number of carbonyl (C=O) groups is 2. The minimum Gasteiger partial charge on any atom is -0.481 e. The van der Waals surface area contributed by atoms with Crippen LogP contribution in [0.3, 0.4) is 0 Å². The van der Waals surface area contributed by atoms with Crippen molar-refractivity contribution in [1.82, 2.24) is 10.6 Å². The summed E-state index contributed by atoms with van der Waals surface area (Å²) < 4.78 is 5.25. The fourth-order valence-electron chi connectivity index (χ4n) is 2.13. The summed E-state index contributed by atoms with van der Waals surface area (Å²) >= 11 is 0. The van der Waals surface area contributed by atoms with Gasteiger partial charge in [0.1, 0.15) is 0 Å². The Hall–Kier alpha value is -1.30. The summed E-state index contributed by atoms with van der Waals surface area (Å²) in [5.41, 5.74) is 0. The Morgan fingerprint density at radius 2 is 2.00 bits per heavy atom. The Morgan fingerprint density at radius 3 is 2.58 bits per heavy atom. The van der Waals surface area contributed by atoms with Gasteiger partial charge in [-0.25, -0.2) is 4.79 Å². The Labute approximate surface area is 113 Å². The van der Waals surface area contributed by atoms with Gasteiger partial charge in [0.25, 0.3) is 0 Å². The van der Waals surface area contributed by atoms with Crippen LogP contribution in [0.4, 0.5) is 4.79 Å². The van der Waals surface area contributed by atoms with Crippen molar-refractivity contribution in [3.05, 3.63) is 0 Å². The average molecular weight is 272 g/mol. The molecule has 0 aromatic rings. The van der Waals surface area contributed by atoms with Crippen LogP contribution in [0.1, 0.15) is 32.6 Å². The highest BCUT2D eigenvalue weighted by Crippen LogP contribution is 2.13. The van der Waals surface area contributed by atoms with Crippen LogP contribution in [0.5, 0.6) is 0 Å². The molecule has 1 unspecified atom stereocenters. The molecule has 0 aliphatic carbocycles. The molecule has 1 atom stereocenters. The molecular formula is C13H24N2O4. The molecule has 0 radical (unpaired) electrons. The summed E-state index contributed by atoms with van der Waals surface area (Å²) in [6, 6.07) is -0.283. The van der Waals surface area contributed by atoms with Crippen molar-refractivity contribution >= 4 is 12.0 Å². The third-order valence-electron chi connectivity index (χ3n) is 3.39. The van der Waals surface area contributed by atoms with Crippen molar-refractivity contribution in [3.63, 3.8) is 0 Å². The van der Waals surface area contributed by atoms with E-state index in [1.807, 2.05) is 6.92 Å². The molecule has 0 aromatic carbocycles. The van der Waals surface area contributed by atoms with Gasteiger partial charge in [-0.05, 0) is 25.2 Å². The van der Waals surface area contributed by atoms with Gasteiger partial charge < -0.3 is 20.5 Å². The first kappa shape index (κ1) is 15.8. The number of hydrogen-bond donors (Lipinski definition) is 3. The maximum absolute atomic E-state index is 11.6. The van der Waals surface area contributed by atoms with Crippen molar-refractivity contribution in [3.8, 4) is 0 Å². The van der Waals surface area contributed by atoms with Crippen molar-refractivity contribution in [2.45, 2.75) is 32.6 Å². The number of aliphatic carboxylic acids is 1. The van der Waals surface area contributed by atoms with E-state index in [0.717, 1.165) is 32.5 Å². The molecule has 19 heavy (non-hydrogen) atoms. The van der Waals surface area contributed by atoms with E-state index in [9.17, 15) is 9.59 Å². The molecule has 6 nitrogen and oxygen atoms in total. The largest absolute Gasteiger partial charge is 0.481 e. The molecule has 0 aromatic heterocycles. The van der Waals surface area contributed by atoms with Gasteiger partial charge in [-0.1, -0.05) is 13.3 Å². The second-order valence-electron chi connectivity index (χ2n) is 4.97. The third-order valence-corrected chi connectivity index (χ3v) is 3.39. The van der Waals surface area contributed by atoms with Crippen LogP contribution in [0.2, 0.25) is 0 Å². The molecule has 1 rings (SSSR count).